The third kappa shape index (κ3) is 4.31. The fraction of sp³-hybridized carbons (Fsp3) is 0.500. The number of halogens is 1. The smallest absolute Gasteiger partial charge is 0.229 e. The molecule has 0 amide bonds. The maximum atomic E-state index is 13.2. The van der Waals surface area contributed by atoms with Gasteiger partial charge in [-0.1, -0.05) is 12.1 Å². The average Bonchev–Trinajstić information content (AvgIpc) is 3.62. The van der Waals surface area contributed by atoms with Crippen molar-refractivity contribution in [1.82, 2.24) is 9.97 Å². The molecule has 1 aliphatic heterocycles. The number of piperidine rings is 1. The molecular weight excluding hydrogens is 383 g/mol. The third-order valence-corrected chi connectivity index (χ3v) is 5.94. The summed E-state index contributed by atoms with van der Waals surface area (Å²) < 4.78 is 13.2. The largest absolute Gasteiger partial charge is 0.395 e. The number of aromatic nitrogens is 2. The molecule has 0 radical (unpaired) electrons. The summed E-state index contributed by atoms with van der Waals surface area (Å²) in [5.74, 6) is 1.88. The van der Waals surface area contributed by atoms with Gasteiger partial charge in [-0.05, 0) is 49.3 Å². The minimum absolute atomic E-state index is 0.0406. The Kier molecular flexibility index (Phi) is 6.00. The molecule has 2 aliphatic rings. The van der Waals surface area contributed by atoms with E-state index >= 15 is 0 Å². The zero-order chi connectivity index (χ0) is 21.1. The first-order valence-electron chi connectivity index (χ1n) is 10.5. The molecule has 8 heteroatoms. The molecule has 1 aromatic heterocycles. The Morgan fingerprint density at radius 3 is 2.50 bits per heavy atom. The highest BCUT2D eigenvalue weighted by atomic mass is 19.1. The monoisotopic (exact) mass is 410 g/mol. The van der Waals surface area contributed by atoms with Crippen molar-refractivity contribution in [3.63, 3.8) is 0 Å². The second-order valence-electron chi connectivity index (χ2n) is 7.99. The van der Waals surface area contributed by atoms with Crippen molar-refractivity contribution in [3.8, 4) is 6.07 Å². The second-order valence-corrected chi connectivity index (χ2v) is 7.99. The summed E-state index contributed by atoms with van der Waals surface area (Å²) in [7, 11) is 1.99. The number of nitrogens with one attached hydrogen (secondary N) is 1. The number of rotatable bonds is 7. The maximum absolute atomic E-state index is 13.2. The van der Waals surface area contributed by atoms with Crippen LogP contribution in [0.1, 0.15) is 42.7 Å². The minimum atomic E-state index is -0.217. The molecule has 1 aromatic carbocycles. The lowest BCUT2D eigenvalue weighted by molar-refractivity contribution is 0.311. The van der Waals surface area contributed by atoms with Crippen molar-refractivity contribution in [3.05, 3.63) is 41.2 Å². The summed E-state index contributed by atoms with van der Waals surface area (Å²) in [6.45, 7) is 1.81. The molecule has 0 atom stereocenters. The average molecular weight is 410 g/mol. The van der Waals surface area contributed by atoms with Crippen LogP contribution in [0.2, 0.25) is 0 Å². The van der Waals surface area contributed by atoms with E-state index in [1.165, 1.54) is 12.1 Å². The predicted octanol–water partition coefficient (Wildman–Crippen LogP) is 2.87. The topological polar surface area (TPSA) is 88.3 Å². The van der Waals surface area contributed by atoms with Crippen molar-refractivity contribution in [2.24, 2.45) is 0 Å². The quantitative estimate of drug-likeness (QED) is 0.726. The van der Waals surface area contributed by atoms with Crippen LogP contribution in [0.15, 0.2) is 24.3 Å². The Bertz CT molecular complexity index is 916. The van der Waals surface area contributed by atoms with Gasteiger partial charge in [0.1, 0.15) is 17.4 Å². The Morgan fingerprint density at radius 1 is 1.20 bits per heavy atom. The van der Waals surface area contributed by atoms with Crippen LogP contribution in [0.25, 0.3) is 0 Å². The lowest BCUT2D eigenvalue weighted by atomic mass is 9.89. The van der Waals surface area contributed by atoms with Gasteiger partial charge in [0.05, 0.1) is 6.61 Å². The molecule has 30 heavy (non-hydrogen) atoms. The van der Waals surface area contributed by atoms with E-state index in [4.69, 9.17) is 4.98 Å². The molecule has 1 saturated carbocycles. The van der Waals surface area contributed by atoms with Gasteiger partial charge in [0.2, 0.25) is 5.95 Å². The van der Waals surface area contributed by atoms with E-state index in [9.17, 15) is 14.8 Å². The van der Waals surface area contributed by atoms with Crippen LogP contribution in [0.4, 0.5) is 22.0 Å². The number of hydrogen-bond acceptors (Lipinski definition) is 7. The Labute approximate surface area is 176 Å². The first kappa shape index (κ1) is 20.4. The molecule has 158 valence electrons. The zero-order valence-electron chi connectivity index (χ0n) is 17.2. The second kappa shape index (κ2) is 8.84. The summed E-state index contributed by atoms with van der Waals surface area (Å²) in [5.41, 5.74) is 1.57. The minimum Gasteiger partial charge on any atom is -0.395 e. The molecule has 4 rings (SSSR count). The van der Waals surface area contributed by atoms with Gasteiger partial charge in [-0.25, -0.2) is 4.39 Å². The Balaban J connectivity index is 1.58. The number of nitrogens with zero attached hydrogens (tertiary/aromatic N) is 5. The lowest BCUT2D eigenvalue weighted by Crippen LogP contribution is -2.35. The van der Waals surface area contributed by atoms with E-state index in [0.29, 0.717) is 41.7 Å². The van der Waals surface area contributed by atoms with Gasteiger partial charge in [-0.2, -0.15) is 15.2 Å². The molecule has 2 fully saturated rings. The SMILES string of the molecule is CN(c1nc(NCCO)c(C#N)c(N2CCC(c3ccc(F)cc3)CC2)n1)C1CC1. The van der Waals surface area contributed by atoms with Gasteiger partial charge in [-0.3, -0.25) is 0 Å². The first-order chi connectivity index (χ1) is 14.6. The molecule has 2 heterocycles. The Morgan fingerprint density at radius 2 is 1.90 bits per heavy atom. The normalized spacial score (nSPS) is 16.9. The van der Waals surface area contributed by atoms with Gasteiger partial charge in [-0.15, -0.1) is 0 Å². The molecule has 1 aliphatic carbocycles. The highest BCUT2D eigenvalue weighted by molar-refractivity contribution is 5.68. The number of aliphatic hydroxyl groups excluding tert-OH is 1. The van der Waals surface area contributed by atoms with Crippen LogP contribution in [0.3, 0.4) is 0 Å². The van der Waals surface area contributed by atoms with Gasteiger partial charge in [0.25, 0.3) is 0 Å². The van der Waals surface area contributed by atoms with Crippen LogP contribution >= 0.6 is 0 Å². The van der Waals surface area contributed by atoms with Crippen LogP contribution < -0.4 is 15.1 Å². The zero-order valence-corrected chi connectivity index (χ0v) is 17.2. The van der Waals surface area contributed by atoms with Gasteiger partial charge >= 0.3 is 0 Å². The van der Waals surface area contributed by atoms with Crippen molar-refractivity contribution < 1.29 is 9.50 Å². The molecule has 1 saturated heterocycles. The van der Waals surface area contributed by atoms with E-state index in [-0.39, 0.29) is 12.4 Å². The van der Waals surface area contributed by atoms with Gasteiger partial charge in [0.15, 0.2) is 11.6 Å². The van der Waals surface area contributed by atoms with Crippen LogP contribution in [-0.2, 0) is 0 Å². The van der Waals surface area contributed by atoms with Crippen LogP contribution in [-0.4, -0.2) is 54.4 Å². The number of hydrogen-bond donors (Lipinski definition) is 2. The summed E-state index contributed by atoms with van der Waals surface area (Å²) in [6.07, 6.45) is 4.07. The summed E-state index contributed by atoms with van der Waals surface area (Å²) in [5, 5.41) is 22.1. The fourth-order valence-corrected chi connectivity index (χ4v) is 4.01. The van der Waals surface area contributed by atoms with E-state index < -0.39 is 0 Å². The number of anilines is 3. The summed E-state index contributed by atoms with van der Waals surface area (Å²) in [4.78, 5) is 13.6. The molecule has 0 unspecified atom stereocenters. The van der Waals surface area contributed by atoms with Gasteiger partial charge in [0, 0.05) is 32.7 Å². The first-order valence-corrected chi connectivity index (χ1v) is 10.5. The standard InChI is InChI=1S/C22H27FN6O/c1-28(18-6-7-18)22-26-20(25-10-13-30)19(14-24)21(27-22)29-11-8-16(9-12-29)15-2-4-17(23)5-3-15/h2-5,16,18,30H,6-13H2,1H3,(H,25,26,27). The van der Waals surface area contributed by atoms with Crippen molar-refractivity contribution in [2.75, 3.05) is 48.4 Å². The number of nitriles is 1. The molecular formula is C22H27FN6O. The van der Waals surface area contributed by atoms with E-state index in [1.807, 2.05) is 19.2 Å². The van der Waals surface area contributed by atoms with E-state index in [2.05, 4.69) is 26.2 Å². The third-order valence-electron chi connectivity index (χ3n) is 5.94. The Hall–Kier alpha value is -2.92. The van der Waals surface area contributed by atoms with Gasteiger partial charge < -0.3 is 20.2 Å². The highest BCUT2D eigenvalue weighted by Crippen LogP contribution is 2.35. The van der Waals surface area contributed by atoms with E-state index in [0.717, 1.165) is 44.3 Å². The molecule has 0 bridgehead atoms. The lowest BCUT2D eigenvalue weighted by Gasteiger charge is -2.34. The van der Waals surface area contributed by atoms with Crippen LogP contribution in [0.5, 0.6) is 0 Å². The molecule has 7 nitrogen and oxygen atoms in total. The molecule has 2 aromatic rings. The molecule has 0 spiro atoms. The maximum Gasteiger partial charge on any atom is 0.229 e. The number of benzene rings is 1. The number of aliphatic hydroxyl groups is 1. The highest BCUT2D eigenvalue weighted by Gasteiger charge is 2.31. The van der Waals surface area contributed by atoms with Crippen molar-refractivity contribution >= 4 is 17.6 Å². The summed E-state index contributed by atoms with van der Waals surface area (Å²) in [6, 6.07) is 9.45. The van der Waals surface area contributed by atoms with E-state index in [1.54, 1.807) is 0 Å². The van der Waals surface area contributed by atoms with Crippen molar-refractivity contribution in [1.29, 1.82) is 5.26 Å². The summed E-state index contributed by atoms with van der Waals surface area (Å²) >= 11 is 0. The van der Waals surface area contributed by atoms with Crippen molar-refractivity contribution in [2.45, 2.75) is 37.6 Å². The van der Waals surface area contributed by atoms with Crippen LogP contribution in [0, 0.1) is 17.1 Å². The predicted molar refractivity (Wildman–Crippen MR) is 114 cm³/mol. The fourth-order valence-electron chi connectivity index (χ4n) is 4.01. The molecule has 2 N–H and O–H groups in total.